The SMILES string of the molecule is C[C@H](Oc1cc(N2CCN3CCC[C@]3(C)C2)nc(-c2noc3c2CCC[C@@]32CCCCC2=O)n1)[C@@H]1CCCN1C. The van der Waals surface area contributed by atoms with Crippen molar-refractivity contribution in [2.75, 3.05) is 44.7 Å². The third kappa shape index (κ3) is 4.35. The number of nitrogens with zero attached hydrogens (tertiary/aromatic N) is 6. The van der Waals surface area contributed by atoms with Crippen LogP contribution in [0.1, 0.15) is 89.4 Å². The molecule has 0 radical (unpaired) electrons. The predicted octanol–water partition coefficient (Wildman–Crippen LogP) is 4.38. The normalized spacial score (nSPS) is 31.9. The summed E-state index contributed by atoms with van der Waals surface area (Å²) in [5, 5.41) is 4.57. The van der Waals surface area contributed by atoms with Gasteiger partial charge in [0.25, 0.3) is 0 Å². The zero-order chi connectivity index (χ0) is 27.5. The molecule has 0 N–H and O–H groups in total. The molecule has 0 amide bonds. The fraction of sp³-hybridized carbons (Fsp3) is 0.742. The summed E-state index contributed by atoms with van der Waals surface area (Å²) in [7, 11) is 2.18. The van der Waals surface area contributed by atoms with Crippen molar-refractivity contribution in [2.45, 2.75) is 108 Å². The molecule has 216 valence electrons. The molecule has 4 fully saturated rings. The molecule has 0 unspecified atom stereocenters. The fourth-order valence-electron chi connectivity index (χ4n) is 8.48. The number of aromatic nitrogens is 3. The van der Waals surface area contributed by atoms with Gasteiger partial charge in [-0.2, -0.15) is 4.98 Å². The number of carbonyl (C=O) groups excluding carboxylic acids is 1. The van der Waals surface area contributed by atoms with Gasteiger partial charge in [-0.05, 0) is 91.8 Å². The van der Waals surface area contributed by atoms with E-state index in [2.05, 4.69) is 40.8 Å². The minimum absolute atomic E-state index is 0.0154. The second-order valence-corrected chi connectivity index (χ2v) is 13.3. The van der Waals surface area contributed by atoms with Crippen molar-refractivity contribution >= 4 is 11.6 Å². The number of anilines is 1. The zero-order valence-corrected chi connectivity index (χ0v) is 24.5. The number of hydrogen-bond acceptors (Lipinski definition) is 9. The average molecular weight is 549 g/mol. The summed E-state index contributed by atoms with van der Waals surface area (Å²) in [6.07, 6.45) is 11.0. The molecular weight excluding hydrogens is 504 g/mol. The van der Waals surface area contributed by atoms with Crippen LogP contribution in [-0.4, -0.2) is 88.2 Å². The molecule has 5 heterocycles. The highest BCUT2D eigenvalue weighted by atomic mass is 16.5. The molecule has 3 saturated heterocycles. The Labute approximate surface area is 237 Å². The molecule has 9 heteroatoms. The van der Waals surface area contributed by atoms with E-state index >= 15 is 0 Å². The molecule has 1 spiro atoms. The lowest BCUT2D eigenvalue weighted by Crippen LogP contribution is -2.57. The van der Waals surface area contributed by atoms with E-state index in [9.17, 15) is 4.79 Å². The first-order chi connectivity index (χ1) is 19.4. The van der Waals surface area contributed by atoms with Gasteiger partial charge < -0.3 is 14.2 Å². The molecule has 0 aromatic carbocycles. The molecular formula is C31H44N6O3. The maximum Gasteiger partial charge on any atom is 0.219 e. The number of likely N-dealkylation sites (N-methyl/N-ethyl adjacent to an activating group) is 1. The Hall–Kier alpha value is -2.52. The van der Waals surface area contributed by atoms with E-state index < -0.39 is 5.41 Å². The van der Waals surface area contributed by atoms with Crippen molar-refractivity contribution in [3.63, 3.8) is 0 Å². The van der Waals surface area contributed by atoms with Crippen molar-refractivity contribution < 1.29 is 14.1 Å². The molecule has 2 aromatic heterocycles. The molecule has 0 bridgehead atoms. The summed E-state index contributed by atoms with van der Waals surface area (Å²) in [5.41, 5.74) is 1.38. The summed E-state index contributed by atoms with van der Waals surface area (Å²) >= 11 is 0. The van der Waals surface area contributed by atoms with Crippen LogP contribution in [0.2, 0.25) is 0 Å². The van der Waals surface area contributed by atoms with Gasteiger partial charge in [0.15, 0.2) is 17.3 Å². The molecule has 3 aliphatic heterocycles. The Morgan fingerprint density at radius 1 is 1.02 bits per heavy atom. The Morgan fingerprint density at radius 2 is 1.90 bits per heavy atom. The van der Waals surface area contributed by atoms with Gasteiger partial charge in [-0.3, -0.25) is 14.6 Å². The Bertz CT molecular complexity index is 1280. The van der Waals surface area contributed by atoms with Crippen LogP contribution in [0.3, 0.4) is 0 Å². The molecule has 9 nitrogen and oxygen atoms in total. The van der Waals surface area contributed by atoms with E-state index in [4.69, 9.17) is 19.2 Å². The lowest BCUT2D eigenvalue weighted by molar-refractivity contribution is -0.128. The molecule has 7 rings (SSSR count). The van der Waals surface area contributed by atoms with Gasteiger partial charge in [-0.15, -0.1) is 0 Å². The summed E-state index contributed by atoms with van der Waals surface area (Å²) in [6, 6.07) is 2.40. The van der Waals surface area contributed by atoms with E-state index in [-0.39, 0.29) is 11.6 Å². The van der Waals surface area contributed by atoms with Crippen LogP contribution in [0.5, 0.6) is 5.88 Å². The lowest BCUT2D eigenvalue weighted by Gasteiger charge is -2.45. The quantitative estimate of drug-likeness (QED) is 0.540. The van der Waals surface area contributed by atoms with E-state index in [1.807, 2.05) is 6.07 Å². The summed E-state index contributed by atoms with van der Waals surface area (Å²) < 4.78 is 12.6. The smallest absolute Gasteiger partial charge is 0.219 e. The van der Waals surface area contributed by atoms with E-state index in [0.29, 0.717) is 35.6 Å². The van der Waals surface area contributed by atoms with Crippen LogP contribution in [0.4, 0.5) is 5.82 Å². The van der Waals surface area contributed by atoms with Gasteiger partial charge in [0.2, 0.25) is 5.88 Å². The van der Waals surface area contributed by atoms with Crippen LogP contribution in [0.15, 0.2) is 10.6 Å². The van der Waals surface area contributed by atoms with E-state index in [0.717, 1.165) is 88.3 Å². The molecule has 5 aliphatic rings. The number of piperazine rings is 1. The first-order valence-electron chi connectivity index (χ1n) is 15.7. The number of likely N-dealkylation sites (tertiary alicyclic amines) is 1. The van der Waals surface area contributed by atoms with Crippen LogP contribution in [0, 0.1) is 0 Å². The van der Waals surface area contributed by atoms with Crippen molar-refractivity contribution in [3.05, 3.63) is 17.4 Å². The average Bonchev–Trinajstić information content (AvgIpc) is 3.68. The maximum absolute atomic E-state index is 13.2. The number of fused-ring (bicyclic) bond motifs is 3. The van der Waals surface area contributed by atoms with Gasteiger partial charge in [0, 0.05) is 49.3 Å². The number of rotatable bonds is 5. The minimum Gasteiger partial charge on any atom is -0.473 e. The second-order valence-electron chi connectivity index (χ2n) is 13.3. The van der Waals surface area contributed by atoms with Gasteiger partial charge >= 0.3 is 0 Å². The Morgan fingerprint density at radius 3 is 2.73 bits per heavy atom. The second kappa shape index (κ2) is 10.1. The lowest BCUT2D eigenvalue weighted by atomic mass is 9.64. The van der Waals surface area contributed by atoms with Gasteiger partial charge in [0.1, 0.15) is 17.7 Å². The van der Waals surface area contributed by atoms with Gasteiger partial charge in [0.05, 0.1) is 5.41 Å². The van der Waals surface area contributed by atoms with Crippen LogP contribution >= 0.6 is 0 Å². The van der Waals surface area contributed by atoms with Crippen molar-refractivity contribution in [3.8, 4) is 17.4 Å². The van der Waals surface area contributed by atoms with Gasteiger partial charge in [-0.25, -0.2) is 4.98 Å². The first-order valence-corrected chi connectivity index (χ1v) is 15.7. The number of ketones is 1. The summed E-state index contributed by atoms with van der Waals surface area (Å²) in [6.45, 7) is 9.75. The number of carbonyl (C=O) groups is 1. The standard InChI is InChI=1S/C31H44N6O3/c1-21(23-10-7-15-35(23)3)39-26-19-25(36-17-18-37-16-8-12-30(37,2)20-36)32-29(33-26)27-22-9-6-14-31(28(22)40-34-27)13-5-4-11-24(31)38/h19,21,23H,4-18,20H2,1-3H3/t21-,23-,30+,31+/m0/s1. The first kappa shape index (κ1) is 26.4. The fourth-order valence-corrected chi connectivity index (χ4v) is 8.48. The van der Waals surface area contributed by atoms with Crippen molar-refractivity contribution in [2.24, 2.45) is 0 Å². The van der Waals surface area contributed by atoms with Crippen LogP contribution < -0.4 is 9.64 Å². The molecule has 2 aromatic rings. The van der Waals surface area contributed by atoms with Crippen molar-refractivity contribution in [1.82, 2.24) is 24.9 Å². The third-order valence-electron chi connectivity index (χ3n) is 10.8. The highest BCUT2D eigenvalue weighted by Crippen LogP contribution is 2.47. The molecule has 4 atom stereocenters. The maximum atomic E-state index is 13.2. The number of ether oxygens (including phenoxy) is 1. The van der Waals surface area contributed by atoms with Crippen LogP contribution in [-0.2, 0) is 16.6 Å². The highest BCUT2D eigenvalue weighted by molar-refractivity contribution is 5.91. The Kier molecular flexibility index (Phi) is 6.65. The predicted molar refractivity (Wildman–Crippen MR) is 153 cm³/mol. The topological polar surface area (TPSA) is 87.8 Å². The number of hydrogen-bond donors (Lipinski definition) is 0. The Balaban J connectivity index is 1.26. The number of Topliss-reactive ketones (excluding diaryl/α,β-unsaturated/α-hetero) is 1. The molecule has 1 saturated carbocycles. The van der Waals surface area contributed by atoms with E-state index in [1.54, 1.807) is 0 Å². The molecule has 40 heavy (non-hydrogen) atoms. The monoisotopic (exact) mass is 548 g/mol. The third-order valence-corrected chi connectivity index (χ3v) is 10.8. The summed E-state index contributed by atoms with van der Waals surface area (Å²) in [5.74, 6) is 3.16. The van der Waals surface area contributed by atoms with Gasteiger partial charge in [-0.1, -0.05) is 11.6 Å². The highest BCUT2D eigenvalue weighted by Gasteiger charge is 2.49. The molecule has 2 aliphatic carbocycles. The minimum atomic E-state index is -0.511. The zero-order valence-electron chi connectivity index (χ0n) is 24.5. The largest absolute Gasteiger partial charge is 0.473 e. The van der Waals surface area contributed by atoms with Crippen LogP contribution in [0.25, 0.3) is 11.5 Å². The summed E-state index contributed by atoms with van der Waals surface area (Å²) in [4.78, 5) is 30.7. The van der Waals surface area contributed by atoms with E-state index in [1.165, 1.54) is 25.8 Å². The van der Waals surface area contributed by atoms with Crippen molar-refractivity contribution in [1.29, 1.82) is 0 Å².